The number of amides is 1. The second kappa shape index (κ2) is 10.1. The molecule has 0 unspecified atom stereocenters. The zero-order valence-corrected chi connectivity index (χ0v) is 20.2. The molecule has 0 bridgehead atoms. The van der Waals surface area contributed by atoms with E-state index in [-0.39, 0.29) is 41.4 Å². The van der Waals surface area contributed by atoms with Crippen LogP contribution in [0.3, 0.4) is 0 Å². The van der Waals surface area contributed by atoms with Crippen molar-refractivity contribution in [2.45, 2.75) is 18.2 Å². The van der Waals surface area contributed by atoms with Crippen molar-refractivity contribution >= 4 is 38.7 Å². The highest BCUT2D eigenvalue weighted by Gasteiger charge is 2.21. The monoisotopic (exact) mass is 511 g/mol. The van der Waals surface area contributed by atoms with E-state index < -0.39 is 32.5 Å². The van der Waals surface area contributed by atoms with Crippen LogP contribution in [0, 0.1) is 12.7 Å². The Hall–Kier alpha value is -2.99. The number of hydrogen-bond acceptors (Lipinski definition) is 7. The normalized spacial score (nSPS) is 11.6. The summed E-state index contributed by atoms with van der Waals surface area (Å²) in [5, 5.41) is 0.635. The van der Waals surface area contributed by atoms with E-state index in [0.717, 1.165) is 12.1 Å². The van der Waals surface area contributed by atoms with Crippen LogP contribution in [0.2, 0.25) is 5.02 Å². The average Bonchev–Trinajstić information content (AvgIpc) is 2.77. The van der Waals surface area contributed by atoms with Gasteiger partial charge in [-0.2, -0.15) is 0 Å². The second-order valence-corrected chi connectivity index (χ2v) is 9.80. The predicted molar refractivity (Wildman–Crippen MR) is 125 cm³/mol. The van der Waals surface area contributed by atoms with E-state index in [1.165, 1.54) is 37.2 Å². The molecule has 0 atom stereocenters. The predicted octanol–water partition coefficient (Wildman–Crippen LogP) is 2.78. The van der Waals surface area contributed by atoms with Crippen LogP contribution in [0.4, 0.5) is 9.18 Å². The number of aryl methyl sites for hydroxylation is 1. The van der Waals surface area contributed by atoms with Gasteiger partial charge in [0.25, 0.3) is 0 Å². The summed E-state index contributed by atoms with van der Waals surface area (Å²) in [7, 11) is -1.10. The van der Waals surface area contributed by atoms with E-state index in [0.29, 0.717) is 16.5 Å². The van der Waals surface area contributed by atoms with E-state index in [2.05, 4.69) is 4.72 Å². The molecule has 0 aliphatic carbocycles. The second-order valence-electron chi connectivity index (χ2n) is 7.66. The summed E-state index contributed by atoms with van der Waals surface area (Å²) in [5.74, 6) is -0.899. The lowest BCUT2D eigenvalue weighted by molar-refractivity contribution is 0.172. The number of rotatable bonds is 7. The van der Waals surface area contributed by atoms with Crippen LogP contribution in [-0.2, 0) is 16.4 Å². The maximum atomic E-state index is 14.2. The Kier molecular flexibility index (Phi) is 7.61. The van der Waals surface area contributed by atoms with E-state index >= 15 is 0 Å². The third-order valence-electron chi connectivity index (χ3n) is 5.00. The Bertz CT molecular complexity index is 1420. The summed E-state index contributed by atoms with van der Waals surface area (Å²) in [6, 6.07) is 6.43. The van der Waals surface area contributed by atoms with Crippen LogP contribution in [0.5, 0.6) is 5.75 Å². The van der Waals surface area contributed by atoms with Crippen molar-refractivity contribution in [2.24, 2.45) is 5.73 Å². The molecule has 9 nitrogen and oxygen atoms in total. The third-order valence-corrected chi connectivity index (χ3v) is 6.78. The summed E-state index contributed by atoms with van der Waals surface area (Å²) < 4.78 is 51.8. The molecule has 1 amide bonds. The average molecular weight is 512 g/mol. The smallest absolute Gasteiger partial charge is 0.414 e. The number of sulfonamides is 1. The van der Waals surface area contributed by atoms with Crippen LogP contribution in [0.1, 0.15) is 16.7 Å². The maximum Gasteiger partial charge on any atom is 0.414 e. The van der Waals surface area contributed by atoms with Gasteiger partial charge in [0.2, 0.25) is 10.0 Å². The first kappa shape index (κ1) is 25.6. The Balaban J connectivity index is 2.02. The van der Waals surface area contributed by atoms with E-state index in [4.69, 9.17) is 26.5 Å². The van der Waals surface area contributed by atoms with E-state index in [1.807, 2.05) is 0 Å². The largest absolute Gasteiger partial charge is 0.422 e. The molecule has 12 heteroatoms. The van der Waals surface area contributed by atoms with Gasteiger partial charge in [-0.15, -0.1) is 0 Å². The summed E-state index contributed by atoms with van der Waals surface area (Å²) in [6.07, 6.45) is -0.668. The van der Waals surface area contributed by atoms with Gasteiger partial charge in [0.05, 0.1) is 5.02 Å². The van der Waals surface area contributed by atoms with Crippen LogP contribution >= 0.6 is 11.6 Å². The summed E-state index contributed by atoms with van der Waals surface area (Å²) in [4.78, 5) is 25.3. The molecule has 34 heavy (non-hydrogen) atoms. The van der Waals surface area contributed by atoms with Gasteiger partial charge in [-0.05, 0) is 36.2 Å². The minimum Gasteiger partial charge on any atom is -0.422 e. The number of nitrogens with two attached hydrogens (primary N) is 1. The number of nitrogens with zero attached hydrogens (tertiary/aromatic N) is 1. The molecule has 3 aromatic rings. The fourth-order valence-electron chi connectivity index (χ4n) is 3.20. The first-order valence-corrected chi connectivity index (χ1v) is 11.9. The fourth-order valence-corrected chi connectivity index (χ4v) is 4.57. The Morgan fingerprint density at radius 2 is 1.97 bits per heavy atom. The number of carbonyl (C=O) groups excluding carboxylic acids is 1. The molecule has 182 valence electrons. The van der Waals surface area contributed by atoms with Gasteiger partial charge in [-0.25, -0.2) is 27.1 Å². The number of nitrogens with one attached hydrogen (secondary N) is 1. The van der Waals surface area contributed by atoms with Gasteiger partial charge in [-0.3, -0.25) is 0 Å². The van der Waals surface area contributed by atoms with Crippen molar-refractivity contribution in [1.82, 2.24) is 9.62 Å². The minimum atomic E-state index is -4.12. The number of benzene rings is 2. The topological polar surface area (TPSA) is 132 Å². The van der Waals surface area contributed by atoms with Crippen LogP contribution < -0.4 is 20.8 Å². The van der Waals surface area contributed by atoms with Crippen LogP contribution in [0.15, 0.2) is 44.4 Å². The third kappa shape index (κ3) is 5.39. The van der Waals surface area contributed by atoms with Crippen molar-refractivity contribution in [2.75, 3.05) is 27.2 Å². The molecule has 2 aromatic carbocycles. The van der Waals surface area contributed by atoms with Gasteiger partial charge in [0, 0.05) is 50.6 Å². The van der Waals surface area contributed by atoms with Gasteiger partial charge in [0.1, 0.15) is 16.3 Å². The molecule has 1 aromatic heterocycles. The molecule has 0 fully saturated rings. The minimum absolute atomic E-state index is 0.0151. The Morgan fingerprint density at radius 1 is 1.26 bits per heavy atom. The molecule has 0 aliphatic rings. The molecule has 0 radical (unpaired) electrons. The van der Waals surface area contributed by atoms with Gasteiger partial charge >= 0.3 is 11.7 Å². The van der Waals surface area contributed by atoms with Crippen molar-refractivity contribution in [3.63, 3.8) is 0 Å². The maximum absolute atomic E-state index is 14.2. The SMILES string of the molecule is Cc1c(Cc2ccc(F)c(S(=O)(=O)NCCN)c2)c(=O)oc2cc(OC(=O)N(C)C)c(Cl)cc12. The lowest BCUT2D eigenvalue weighted by Crippen LogP contribution is -2.29. The quantitative estimate of drug-likeness (QED) is 0.466. The summed E-state index contributed by atoms with van der Waals surface area (Å²) >= 11 is 6.27. The van der Waals surface area contributed by atoms with Crippen molar-refractivity contribution < 1.29 is 26.8 Å². The van der Waals surface area contributed by atoms with Gasteiger partial charge in [-0.1, -0.05) is 17.7 Å². The standard InChI is InChI=1S/C22H23ClFN3O6S/c1-12-14-10-16(23)19(33-22(29)27(2)3)11-18(14)32-21(28)15(12)8-13-4-5-17(24)20(9-13)34(30,31)26-7-6-25/h4-5,9-11,26H,6-8,25H2,1-3H3. The number of fused-ring (bicyclic) bond motifs is 1. The number of carbonyl (C=O) groups is 1. The van der Waals surface area contributed by atoms with Gasteiger partial charge in [0.15, 0.2) is 5.75 Å². The molecular weight excluding hydrogens is 489 g/mol. The fraction of sp³-hybridized carbons (Fsp3) is 0.273. The highest BCUT2D eigenvalue weighted by molar-refractivity contribution is 7.89. The van der Waals surface area contributed by atoms with E-state index in [9.17, 15) is 22.4 Å². The lowest BCUT2D eigenvalue weighted by atomic mass is 9.99. The number of halogens is 2. The molecular formula is C22H23ClFN3O6S. The lowest BCUT2D eigenvalue weighted by Gasteiger charge is -2.14. The molecule has 0 saturated heterocycles. The highest BCUT2D eigenvalue weighted by atomic mass is 35.5. The molecule has 0 saturated carbocycles. The first-order valence-electron chi connectivity index (χ1n) is 10.1. The van der Waals surface area contributed by atoms with Crippen molar-refractivity contribution in [3.8, 4) is 5.75 Å². The zero-order chi connectivity index (χ0) is 25.2. The highest BCUT2D eigenvalue weighted by Crippen LogP contribution is 2.32. The number of hydrogen-bond donors (Lipinski definition) is 2. The van der Waals surface area contributed by atoms with Crippen LogP contribution in [0.25, 0.3) is 11.0 Å². The number of ether oxygens (including phenoxy) is 1. The molecule has 1 heterocycles. The molecule has 0 spiro atoms. The summed E-state index contributed by atoms with van der Waals surface area (Å²) in [6.45, 7) is 1.68. The van der Waals surface area contributed by atoms with Crippen molar-refractivity contribution in [1.29, 1.82) is 0 Å². The zero-order valence-electron chi connectivity index (χ0n) is 18.6. The Labute approximate surface area is 200 Å². The molecule has 3 rings (SSSR count). The van der Waals surface area contributed by atoms with Gasteiger partial charge < -0.3 is 19.8 Å². The van der Waals surface area contributed by atoms with E-state index in [1.54, 1.807) is 6.92 Å². The Morgan fingerprint density at radius 3 is 2.62 bits per heavy atom. The first-order chi connectivity index (χ1) is 15.9. The molecule has 0 aliphatic heterocycles. The molecule has 3 N–H and O–H groups in total. The van der Waals surface area contributed by atoms with Crippen molar-refractivity contribution in [3.05, 3.63) is 68.3 Å². The van der Waals surface area contributed by atoms with Crippen LogP contribution in [-0.4, -0.2) is 46.6 Å². The summed E-state index contributed by atoms with van der Waals surface area (Å²) in [5.41, 5.74) is 5.96.